The summed E-state index contributed by atoms with van der Waals surface area (Å²) in [5.41, 5.74) is 2.03. The molecule has 2 heterocycles. The fourth-order valence-corrected chi connectivity index (χ4v) is 2.44. The van der Waals surface area contributed by atoms with Crippen molar-refractivity contribution in [1.82, 2.24) is 14.5 Å². The second-order valence-corrected chi connectivity index (χ2v) is 4.97. The molecule has 0 fully saturated rings. The molecule has 0 unspecified atom stereocenters. The average Bonchev–Trinajstić information content (AvgIpc) is 3.02. The summed E-state index contributed by atoms with van der Waals surface area (Å²) in [6.07, 6.45) is 6.03. The molecule has 3 rings (SSSR count). The fourth-order valence-electron chi connectivity index (χ4n) is 2.44. The van der Waals surface area contributed by atoms with Crippen LogP contribution in [0.5, 0.6) is 0 Å². The summed E-state index contributed by atoms with van der Waals surface area (Å²) < 4.78 is 1.93. The van der Waals surface area contributed by atoms with Gasteiger partial charge in [-0.05, 0) is 25.5 Å². The van der Waals surface area contributed by atoms with Crippen LogP contribution in [-0.4, -0.2) is 32.8 Å². The lowest BCUT2D eigenvalue weighted by molar-refractivity contribution is 0.0651. The Kier molecular flexibility index (Phi) is 3.10. The van der Waals surface area contributed by atoms with Gasteiger partial charge in [-0.1, -0.05) is 11.6 Å². The van der Waals surface area contributed by atoms with Crippen molar-refractivity contribution < 1.29 is 9.59 Å². The van der Waals surface area contributed by atoms with E-state index in [1.165, 1.54) is 4.90 Å². The van der Waals surface area contributed by atoms with Gasteiger partial charge in [0.15, 0.2) is 0 Å². The first-order valence-electron chi connectivity index (χ1n) is 6.59. The standard InChI is InChI=1S/C15H15N3O2/c1-11-3-4-12-13(9-11)15(20)18(14(12)19)7-2-6-17-8-5-16-10-17/h3-5,8-10H,2,6-7H2,1H3. The third kappa shape index (κ3) is 2.11. The number of hydrogen-bond donors (Lipinski definition) is 0. The van der Waals surface area contributed by atoms with E-state index in [2.05, 4.69) is 4.98 Å². The van der Waals surface area contributed by atoms with Gasteiger partial charge in [-0.3, -0.25) is 14.5 Å². The minimum atomic E-state index is -0.185. The molecule has 0 N–H and O–H groups in total. The van der Waals surface area contributed by atoms with Crippen LogP contribution in [0, 0.1) is 6.92 Å². The van der Waals surface area contributed by atoms with Crippen LogP contribution in [0.3, 0.4) is 0 Å². The molecular weight excluding hydrogens is 254 g/mol. The van der Waals surface area contributed by atoms with Crippen molar-refractivity contribution in [2.75, 3.05) is 6.54 Å². The van der Waals surface area contributed by atoms with Crippen LogP contribution in [0.25, 0.3) is 0 Å². The highest BCUT2D eigenvalue weighted by Crippen LogP contribution is 2.23. The lowest BCUT2D eigenvalue weighted by atomic mass is 10.1. The zero-order valence-electron chi connectivity index (χ0n) is 11.2. The number of imide groups is 1. The first-order valence-corrected chi connectivity index (χ1v) is 6.59. The van der Waals surface area contributed by atoms with Gasteiger partial charge in [0.25, 0.3) is 11.8 Å². The summed E-state index contributed by atoms with van der Waals surface area (Å²) in [7, 11) is 0. The molecule has 0 saturated carbocycles. The second-order valence-electron chi connectivity index (χ2n) is 4.97. The minimum absolute atomic E-state index is 0.181. The number of benzene rings is 1. The number of imidazole rings is 1. The Morgan fingerprint density at radius 2 is 1.90 bits per heavy atom. The van der Waals surface area contributed by atoms with Gasteiger partial charge in [0, 0.05) is 25.5 Å². The highest BCUT2D eigenvalue weighted by atomic mass is 16.2. The Balaban J connectivity index is 1.70. The van der Waals surface area contributed by atoms with Gasteiger partial charge < -0.3 is 4.57 Å². The molecule has 0 atom stereocenters. The predicted octanol–water partition coefficient (Wildman–Crippen LogP) is 1.88. The molecule has 102 valence electrons. The normalized spacial score (nSPS) is 13.9. The van der Waals surface area contributed by atoms with Crippen LogP contribution >= 0.6 is 0 Å². The topological polar surface area (TPSA) is 55.2 Å². The van der Waals surface area contributed by atoms with Gasteiger partial charge >= 0.3 is 0 Å². The van der Waals surface area contributed by atoms with Gasteiger partial charge in [0.2, 0.25) is 0 Å². The Labute approximate surface area is 116 Å². The maximum Gasteiger partial charge on any atom is 0.261 e. The maximum absolute atomic E-state index is 12.2. The molecule has 5 heteroatoms. The summed E-state index contributed by atoms with van der Waals surface area (Å²) in [6.45, 7) is 3.09. The number of rotatable bonds is 4. The molecule has 0 saturated heterocycles. The second kappa shape index (κ2) is 4.92. The number of amides is 2. The van der Waals surface area contributed by atoms with Crippen molar-refractivity contribution in [2.45, 2.75) is 19.9 Å². The fraction of sp³-hybridized carbons (Fsp3) is 0.267. The highest BCUT2D eigenvalue weighted by Gasteiger charge is 2.34. The van der Waals surface area contributed by atoms with Crippen molar-refractivity contribution in [3.63, 3.8) is 0 Å². The maximum atomic E-state index is 12.2. The molecule has 1 aromatic carbocycles. The summed E-state index contributed by atoms with van der Waals surface area (Å²) >= 11 is 0. The van der Waals surface area contributed by atoms with E-state index in [9.17, 15) is 9.59 Å². The van der Waals surface area contributed by atoms with Crippen LogP contribution in [0.15, 0.2) is 36.9 Å². The number of aryl methyl sites for hydroxylation is 2. The Bertz CT molecular complexity index is 662. The number of nitrogens with zero attached hydrogens (tertiary/aromatic N) is 3. The van der Waals surface area contributed by atoms with Crippen LogP contribution in [-0.2, 0) is 6.54 Å². The van der Waals surface area contributed by atoms with Gasteiger partial charge in [0.05, 0.1) is 17.5 Å². The summed E-state index contributed by atoms with van der Waals surface area (Å²) in [4.78, 5) is 29.7. The van der Waals surface area contributed by atoms with Gasteiger partial charge in [-0.25, -0.2) is 4.98 Å². The zero-order chi connectivity index (χ0) is 14.1. The third-order valence-corrected chi connectivity index (χ3v) is 3.48. The van der Waals surface area contributed by atoms with E-state index in [1.807, 2.05) is 23.8 Å². The highest BCUT2D eigenvalue weighted by molar-refractivity contribution is 6.21. The summed E-state index contributed by atoms with van der Waals surface area (Å²) in [5.74, 6) is -0.366. The molecule has 5 nitrogen and oxygen atoms in total. The third-order valence-electron chi connectivity index (χ3n) is 3.48. The molecule has 2 amide bonds. The number of fused-ring (bicyclic) bond motifs is 1. The molecule has 0 radical (unpaired) electrons. The predicted molar refractivity (Wildman–Crippen MR) is 73.4 cm³/mol. The van der Waals surface area contributed by atoms with Crippen LogP contribution in [0.4, 0.5) is 0 Å². The molecule has 1 aliphatic rings. The lowest BCUT2D eigenvalue weighted by Crippen LogP contribution is -2.31. The van der Waals surface area contributed by atoms with Gasteiger partial charge in [0.1, 0.15) is 0 Å². The molecule has 0 spiro atoms. The largest absolute Gasteiger partial charge is 0.337 e. The van der Waals surface area contributed by atoms with E-state index >= 15 is 0 Å². The molecule has 0 bridgehead atoms. The Morgan fingerprint density at radius 3 is 2.65 bits per heavy atom. The molecule has 1 aromatic heterocycles. The molecule has 1 aliphatic heterocycles. The lowest BCUT2D eigenvalue weighted by Gasteiger charge is -2.13. The van der Waals surface area contributed by atoms with Crippen molar-refractivity contribution in [3.8, 4) is 0 Å². The first-order chi connectivity index (χ1) is 9.66. The monoisotopic (exact) mass is 269 g/mol. The van der Waals surface area contributed by atoms with E-state index in [1.54, 1.807) is 24.7 Å². The number of hydrogen-bond acceptors (Lipinski definition) is 3. The van der Waals surface area contributed by atoms with Crippen LogP contribution in [0.2, 0.25) is 0 Å². The van der Waals surface area contributed by atoms with E-state index in [0.717, 1.165) is 18.5 Å². The Morgan fingerprint density at radius 1 is 1.10 bits per heavy atom. The van der Waals surface area contributed by atoms with Gasteiger partial charge in [-0.2, -0.15) is 0 Å². The average molecular weight is 269 g/mol. The first kappa shape index (κ1) is 12.6. The van der Waals surface area contributed by atoms with Crippen LogP contribution in [0.1, 0.15) is 32.7 Å². The van der Waals surface area contributed by atoms with E-state index < -0.39 is 0 Å². The smallest absolute Gasteiger partial charge is 0.261 e. The molecular formula is C15H15N3O2. The zero-order valence-corrected chi connectivity index (χ0v) is 11.2. The van der Waals surface area contributed by atoms with E-state index in [0.29, 0.717) is 17.7 Å². The number of aromatic nitrogens is 2. The minimum Gasteiger partial charge on any atom is -0.337 e. The molecule has 2 aromatic rings. The van der Waals surface area contributed by atoms with Crippen molar-refractivity contribution in [3.05, 3.63) is 53.6 Å². The van der Waals surface area contributed by atoms with Crippen LogP contribution < -0.4 is 0 Å². The SMILES string of the molecule is Cc1ccc2c(c1)C(=O)N(CCCn1ccnc1)C2=O. The van der Waals surface area contributed by atoms with Crippen molar-refractivity contribution >= 4 is 11.8 Å². The van der Waals surface area contributed by atoms with Crippen molar-refractivity contribution in [2.24, 2.45) is 0 Å². The number of carbonyl (C=O) groups excluding carboxylic acids is 2. The Hall–Kier alpha value is -2.43. The quantitative estimate of drug-likeness (QED) is 0.796. The van der Waals surface area contributed by atoms with Gasteiger partial charge in [-0.15, -0.1) is 0 Å². The molecule has 20 heavy (non-hydrogen) atoms. The summed E-state index contributed by atoms with van der Waals surface area (Å²) in [5, 5.41) is 0. The van der Waals surface area contributed by atoms with E-state index in [-0.39, 0.29) is 11.8 Å². The van der Waals surface area contributed by atoms with Crippen molar-refractivity contribution in [1.29, 1.82) is 0 Å². The number of carbonyl (C=O) groups is 2. The summed E-state index contributed by atoms with van der Waals surface area (Å²) in [6, 6.07) is 5.38. The van der Waals surface area contributed by atoms with E-state index in [4.69, 9.17) is 0 Å². The molecule has 0 aliphatic carbocycles.